The van der Waals surface area contributed by atoms with Crippen molar-refractivity contribution in [3.63, 3.8) is 0 Å². The third-order valence-electron chi connectivity index (χ3n) is 11.8. The Balaban J connectivity index is 1.14. The van der Waals surface area contributed by atoms with Gasteiger partial charge in [-0.05, 0) is 99.0 Å². The van der Waals surface area contributed by atoms with Crippen molar-refractivity contribution < 1.29 is 0 Å². The van der Waals surface area contributed by atoms with Gasteiger partial charge >= 0.3 is 0 Å². The molecule has 11 aromatic carbocycles. The third-order valence-corrected chi connectivity index (χ3v) is 11.8. The van der Waals surface area contributed by atoms with Crippen molar-refractivity contribution in [1.82, 2.24) is 15.0 Å². The first kappa shape index (κ1) is 32.5. The van der Waals surface area contributed by atoms with Crippen LogP contribution < -0.4 is 0 Å². The second kappa shape index (κ2) is 12.9. The van der Waals surface area contributed by atoms with E-state index in [-0.39, 0.29) is 0 Å². The van der Waals surface area contributed by atoms with Crippen molar-refractivity contribution in [2.24, 2.45) is 0 Å². The van der Waals surface area contributed by atoms with Gasteiger partial charge in [0.25, 0.3) is 0 Å². The van der Waals surface area contributed by atoms with Gasteiger partial charge in [0.2, 0.25) is 0 Å². The van der Waals surface area contributed by atoms with Crippen molar-refractivity contribution in [3.05, 3.63) is 200 Å². The molecule has 0 saturated carbocycles. The number of aromatic nitrogens is 3. The van der Waals surface area contributed by atoms with E-state index in [0.717, 1.165) is 33.2 Å². The molecule has 58 heavy (non-hydrogen) atoms. The van der Waals surface area contributed by atoms with Gasteiger partial charge in [0.15, 0.2) is 17.5 Å². The highest BCUT2D eigenvalue weighted by Gasteiger charge is 2.19. The van der Waals surface area contributed by atoms with Crippen LogP contribution in [-0.4, -0.2) is 15.0 Å². The molecule has 12 aromatic rings. The molecule has 0 saturated heterocycles. The molecule has 3 nitrogen and oxygen atoms in total. The largest absolute Gasteiger partial charge is 0.208 e. The zero-order chi connectivity index (χ0) is 38.2. The first-order chi connectivity index (χ1) is 28.7. The Hall–Kier alpha value is -7.75. The van der Waals surface area contributed by atoms with Crippen LogP contribution in [0, 0.1) is 0 Å². The Morgan fingerprint density at radius 3 is 1.26 bits per heavy atom. The maximum absolute atomic E-state index is 5.35. The second-order valence-electron chi connectivity index (χ2n) is 15.1. The molecule has 0 amide bonds. The molecule has 12 rings (SSSR count). The molecule has 0 fully saturated rings. The number of fused-ring (bicyclic) bond motifs is 2. The van der Waals surface area contributed by atoms with Crippen LogP contribution in [-0.2, 0) is 0 Å². The van der Waals surface area contributed by atoms with E-state index in [1.807, 2.05) is 18.2 Å². The lowest BCUT2D eigenvalue weighted by Gasteiger charge is -2.17. The van der Waals surface area contributed by atoms with Crippen LogP contribution in [0.15, 0.2) is 200 Å². The first-order valence-electron chi connectivity index (χ1n) is 19.8. The lowest BCUT2D eigenvalue weighted by molar-refractivity contribution is 1.08. The van der Waals surface area contributed by atoms with E-state index in [0.29, 0.717) is 17.5 Å². The average molecular weight is 736 g/mol. The number of benzene rings is 10. The molecule has 0 N–H and O–H groups in total. The van der Waals surface area contributed by atoms with Gasteiger partial charge in [-0.2, -0.15) is 0 Å². The van der Waals surface area contributed by atoms with Crippen LogP contribution in [0.5, 0.6) is 0 Å². The highest BCUT2D eigenvalue weighted by Crippen LogP contribution is 2.44. The Kier molecular flexibility index (Phi) is 7.23. The molecule has 0 aliphatic rings. The quantitative estimate of drug-likeness (QED) is 0.165. The van der Waals surface area contributed by atoms with Gasteiger partial charge in [-0.3, -0.25) is 0 Å². The molecule has 0 aliphatic heterocycles. The van der Waals surface area contributed by atoms with E-state index in [2.05, 4.69) is 182 Å². The van der Waals surface area contributed by atoms with Crippen molar-refractivity contribution >= 4 is 64.6 Å². The van der Waals surface area contributed by atoms with Gasteiger partial charge in [-0.15, -0.1) is 0 Å². The van der Waals surface area contributed by atoms with Gasteiger partial charge in [0, 0.05) is 16.7 Å². The van der Waals surface area contributed by atoms with Crippen LogP contribution in [0.25, 0.3) is 121 Å². The molecular formula is C55H33N3. The molecule has 1 aromatic heterocycles. The topological polar surface area (TPSA) is 38.7 Å². The summed E-state index contributed by atoms with van der Waals surface area (Å²) >= 11 is 0. The molecule has 3 heteroatoms. The van der Waals surface area contributed by atoms with Crippen LogP contribution in [0.2, 0.25) is 0 Å². The first-order valence-corrected chi connectivity index (χ1v) is 19.8. The number of hydrogen-bond donors (Lipinski definition) is 0. The SMILES string of the molecule is c1ccc(-c2ccc(-c3ccccc3-c3nc(-c4ccccc4)nc(-c4cc5ccc6cccc7c8cccc9ccc%10cccc(c(c4)c5c67)c%10c98)n3)cc2)cc1. The van der Waals surface area contributed by atoms with Crippen molar-refractivity contribution in [3.8, 4) is 56.4 Å². The van der Waals surface area contributed by atoms with Crippen LogP contribution in [0.1, 0.15) is 0 Å². The van der Waals surface area contributed by atoms with Crippen LogP contribution in [0.3, 0.4) is 0 Å². The van der Waals surface area contributed by atoms with Crippen molar-refractivity contribution in [1.29, 1.82) is 0 Å². The molecule has 0 unspecified atom stereocenters. The normalized spacial score (nSPS) is 11.8. The molecular weight excluding hydrogens is 703 g/mol. The Labute approximate surface area is 334 Å². The molecule has 1 heterocycles. The summed E-state index contributed by atoms with van der Waals surface area (Å²) in [7, 11) is 0. The fraction of sp³-hybridized carbons (Fsp3) is 0. The number of hydrogen-bond acceptors (Lipinski definition) is 3. The van der Waals surface area contributed by atoms with E-state index < -0.39 is 0 Å². The summed E-state index contributed by atoms with van der Waals surface area (Å²) in [5.74, 6) is 1.91. The zero-order valence-corrected chi connectivity index (χ0v) is 31.4. The van der Waals surface area contributed by atoms with E-state index in [1.165, 1.54) is 70.4 Å². The Morgan fingerprint density at radius 2 is 0.655 bits per heavy atom. The number of nitrogens with zero attached hydrogens (tertiary/aromatic N) is 3. The van der Waals surface area contributed by atoms with Gasteiger partial charge in [-0.25, -0.2) is 15.0 Å². The van der Waals surface area contributed by atoms with Gasteiger partial charge in [0.05, 0.1) is 0 Å². The summed E-state index contributed by atoms with van der Waals surface area (Å²) in [4.78, 5) is 15.8. The van der Waals surface area contributed by atoms with E-state index >= 15 is 0 Å². The Bertz CT molecular complexity index is 3530. The van der Waals surface area contributed by atoms with Gasteiger partial charge in [0.1, 0.15) is 0 Å². The summed E-state index contributed by atoms with van der Waals surface area (Å²) in [6.07, 6.45) is 0. The fourth-order valence-corrected chi connectivity index (χ4v) is 9.16. The highest BCUT2D eigenvalue weighted by molar-refractivity contribution is 6.37. The minimum absolute atomic E-state index is 0.635. The summed E-state index contributed by atoms with van der Waals surface area (Å²) in [6.45, 7) is 0. The smallest absolute Gasteiger partial charge is 0.164 e. The predicted octanol–water partition coefficient (Wildman–Crippen LogP) is 14.6. The molecule has 0 atom stereocenters. The van der Waals surface area contributed by atoms with E-state index in [9.17, 15) is 0 Å². The zero-order valence-electron chi connectivity index (χ0n) is 31.4. The minimum atomic E-state index is 0.635. The minimum Gasteiger partial charge on any atom is -0.208 e. The molecule has 0 aliphatic carbocycles. The molecule has 268 valence electrons. The summed E-state index contributed by atoms with van der Waals surface area (Å²) in [5.41, 5.74) is 7.38. The summed E-state index contributed by atoms with van der Waals surface area (Å²) in [6, 6.07) is 71.7. The van der Waals surface area contributed by atoms with E-state index in [1.54, 1.807) is 0 Å². The third kappa shape index (κ3) is 5.11. The lowest BCUT2D eigenvalue weighted by atomic mass is 9.87. The van der Waals surface area contributed by atoms with Gasteiger partial charge < -0.3 is 0 Å². The summed E-state index contributed by atoms with van der Waals surface area (Å²) in [5, 5.41) is 14.8. The fourth-order valence-electron chi connectivity index (χ4n) is 9.16. The van der Waals surface area contributed by atoms with Crippen LogP contribution in [0.4, 0.5) is 0 Å². The van der Waals surface area contributed by atoms with E-state index in [4.69, 9.17) is 15.0 Å². The lowest BCUT2D eigenvalue weighted by Crippen LogP contribution is -2.01. The maximum atomic E-state index is 5.35. The molecule has 0 spiro atoms. The standard InChI is InChI=1S/C55H33N3/c1-3-12-34(13-4-1)35-24-26-36(27-25-35)43-19-7-8-20-47(43)55-57-53(40-14-5-2-6-15-40)56-54(58-55)42-32-41-31-30-39-17-10-22-45-44-21-9-16-37-28-29-38-18-11-23-46(51(38)49(37)44)48(33-42)52(41)50(39)45/h1-33H. The second-order valence-corrected chi connectivity index (χ2v) is 15.1. The summed E-state index contributed by atoms with van der Waals surface area (Å²) < 4.78 is 0. The maximum Gasteiger partial charge on any atom is 0.164 e. The van der Waals surface area contributed by atoms with Crippen molar-refractivity contribution in [2.75, 3.05) is 0 Å². The molecule has 0 bridgehead atoms. The molecule has 0 radical (unpaired) electrons. The monoisotopic (exact) mass is 735 g/mol. The van der Waals surface area contributed by atoms with Gasteiger partial charge in [-0.1, -0.05) is 188 Å². The van der Waals surface area contributed by atoms with Crippen molar-refractivity contribution in [2.45, 2.75) is 0 Å². The van der Waals surface area contributed by atoms with Crippen LogP contribution >= 0.6 is 0 Å². The highest BCUT2D eigenvalue weighted by atomic mass is 15.0. The number of rotatable bonds is 5. The predicted molar refractivity (Wildman–Crippen MR) is 243 cm³/mol. The average Bonchev–Trinajstić information content (AvgIpc) is 3.30. The Morgan fingerprint density at radius 1 is 0.224 bits per heavy atom.